The summed E-state index contributed by atoms with van der Waals surface area (Å²) in [4.78, 5) is 26.4. The normalized spacial score (nSPS) is 10.1. The molecule has 0 radical (unpaired) electrons. The second kappa shape index (κ2) is 6.79. The summed E-state index contributed by atoms with van der Waals surface area (Å²) in [5.41, 5.74) is 1.82. The third-order valence-electron chi connectivity index (χ3n) is 2.74. The van der Waals surface area contributed by atoms with Gasteiger partial charge in [-0.3, -0.25) is 9.59 Å². The fourth-order valence-electron chi connectivity index (χ4n) is 1.85. The van der Waals surface area contributed by atoms with Crippen LogP contribution in [0, 0.1) is 0 Å². The lowest BCUT2D eigenvalue weighted by molar-refractivity contribution is 0.0956. The maximum absolute atomic E-state index is 11.8. The van der Waals surface area contributed by atoms with E-state index >= 15 is 0 Å². The zero-order valence-corrected chi connectivity index (χ0v) is 11.0. The standard InChI is InChI=1S/C14H20N2O2/c1-4-7-10-9-11(13(17)15-8-5-2)14(18)16-12(10)6-3/h5,9H,2,4,6-8H2,1,3H3,(H,15,17)(H,16,18). The van der Waals surface area contributed by atoms with Gasteiger partial charge in [0.1, 0.15) is 5.56 Å². The second-order valence-corrected chi connectivity index (χ2v) is 4.12. The molecule has 1 aromatic rings. The van der Waals surface area contributed by atoms with Crippen LogP contribution >= 0.6 is 0 Å². The van der Waals surface area contributed by atoms with Crippen molar-refractivity contribution < 1.29 is 4.79 Å². The van der Waals surface area contributed by atoms with E-state index in [1.807, 2.05) is 6.92 Å². The van der Waals surface area contributed by atoms with Crippen molar-refractivity contribution in [3.8, 4) is 0 Å². The molecule has 0 aliphatic heterocycles. The molecule has 0 aliphatic rings. The molecule has 0 unspecified atom stereocenters. The van der Waals surface area contributed by atoms with Crippen molar-refractivity contribution in [2.24, 2.45) is 0 Å². The molecule has 0 saturated carbocycles. The molecular formula is C14H20N2O2. The van der Waals surface area contributed by atoms with Crippen LogP contribution in [0.25, 0.3) is 0 Å². The molecule has 0 aromatic carbocycles. The van der Waals surface area contributed by atoms with Crippen LogP contribution in [0.1, 0.15) is 41.9 Å². The highest BCUT2D eigenvalue weighted by molar-refractivity contribution is 5.94. The fraction of sp³-hybridized carbons (Fsp3) is 0.429. The predicted molar refractivity (Wildman–Crippen MR) is 73.0 cm³/mol. The van der Waals surface area contributed by atoms with Crippen LogP contribution in [0.3, 0.4) is 0 Å². The molecule has 1 aromatic heterocycles. The number of rotatable bonds is 6. The molecule has 2 N–H and O–H groups in total. The molecule has 4 nitrogen and oxygen atoms in total. The van der Waals surface area contributed by atoms with Gasteiger partial charge in [-0.05, 0) is 24.5 Å². The Morgan fingerprint density at radius 1 is 1.50 bits per heavy atom. The first-order valence-electron chi connectivity index (χ1n) is 6.28. The number of aromatic nitrogens is 1. The zero-order valence-electron chi connectivity index (χ0n) is 11.0. The maximum Gasteiger partial charge on any atom is 0.261 e. The molecule has 0 spiro atoms. The van der Waals surface area contributed by atoms with Gasteiger partial charge in [-0.25, -0.2) is 0 Å². The monoisotopic (exact) mass is 248 g/mol. The van der Waals surface area contributed by atoms with Crippen molar-refractivity contribution in [3.05, 3.63) is 45.9 Å². The van der Waals surface area contributed by atoms with E-state index in [2.05, 4.69) is 23.8 Å². The first-order valence-corrected chi connectivity index (χ1v) is 6.28. The molecule has 1 heterocycles. The summed E-state index contributed by atoms with van der Waals surface area (Å²) < 4.78 is 0. The van der Waals surface area contributed by atoms with E-state index in [1.54, 1.807) is 12.1 Å². The van der Waals surface area contributed by atoms with E-state index in [9.17, 15) is 9.59 Å². The van der Waals surface area contributed by atoms with Gasteiger partial charge in [-0.15, -0.1) is 6.58 Å². The number of pyridine rings is 1. The van der Waals surface area contributed by atoms with Gasteiger partial charge < -0.3 is 10.3 Å². The van der Waals surface area contributed by atoms with Crippen LogP contribution in [-0.2, 0) is 12.8 Å². The van der Waals surface area contributed by atoms with Crippen LogP contribution in [0.2, 0.25) is 0 Å². The summed E-state index contributed by atoms with van der Waals surface area (Å²) in [6, 6.07) is 1.71. The minimum Gasteiger partial charge on any atom is -0.348 e. The van der Waals surface area contributed by atoms with Crippen LogP contribution in [0.4, 0.5) is 0 Å². The van der Waals surface area contributed by atoms with Gasteiger partial charge in [-0.2, -0.15) is 0 Å². The van der Waals surface area contributed by atoms with Gasteiger partial charge in [0.05, 0.1) is 0 Å². The van der Waals surface area contributed by atoms with Crippen molar-refractivity contribution >= 4 is 5.91 Å². The van der Waals surface area contributed by atoms with Crippen molar-refractivity contribution in [2.45, 2.75) is 33.1 Å². The van der Waals surface area contributed by atoms with Crippen molar-refractivity contribution in [2.75, 3.05) is 6.54 Å². The third kappa shape index (κ3) is 3.32. The number of nitrogens with one attached hydrogen (secondary N) is 2. The van der Waals surface area contributed by atoms with Crippen LogP contribution < -0.4 is 10.9 Å². The number of amides is 1. The highest BCUT2D eigenvalue weighted by Gasteiger charge is 2.13. The lowest BCUT2D eigenvalue weighted by Gasteiger charge is -2.09. The van der Waals surface area contributed by atoms with E-state index in [4.69, 9.17) is 0 Å². The van der Waals surface area contributed by atoms with E-state index in [1.165, 1.54) is 0 Å². The Morgan fingerprint density at radius 3 is 2.78 bits per heavy atom. The van der Waals surface area contributed by atoms with Crippen molar-refractivity contribution in [3.63, 3.8) is 0 Å². The summed E-state index contributed by atoms with van der Waals surface area (Å²) in [6.45, 7) is 7.94. The molecule has 0 atom stereocenters. The first kappa shape index (κ1) is 14.2. The van der Waals surface area contributed by atoms with Gasteiger partial charge in [0.15, 0.2) is 0 Å². The number of carbonyl (C=O) groups excluding carboxylic acids is 1. The molecule has 0 bridgehead atoms. The highest BCUT2D eigenvalue weighted by Crippen LogP contribution is 2.09. The molecule has 4 heteroatoms. The first-order chi connectivity index (χ1) is 8.63. The van der Waals surface area contributed by atoms with Crippen molar-refractivity contribution in [1.82, 2.24) is 10.3 Å². The molecule has 0 aliphatic carbocycles. The molecular weight excluding hydrogens is 228 g/mol. The topological polar surface area (TPSA) is 62.0 Å². The van der Waals surface area contributed by atoms with E-state index in [-0.39, 0.29) is 17.0 Å². The van der Waals surface area contributed by atoms with Gasteiger partial charge >= 0.3 is 0 Å². The smallest absolute Gasteiger partial charge is 0.261 e. The minimum atomic E-state index is -0.351. The van der Waals surface area contributed by atoms with Crippen molar-refractivity contribution in [1.29, 1.82) is 0 Å². The van der Waals surface area contributed by atoms with E-state index in [0.717, 1.165) is 30.5 Å². The van der Waals surface area contributed by atoms with E-state index < -0.39 is 0 Å². The van der Waals surface area contributed by atoms with Gasteiger partial charge in [0.25, 0.3) is 11.5 Å². The fourth-order valence-corrected chi connectivity index (χ4v) is 1.85. The Bertz CT molecular complexity index is 489. The lowest BCUT2D eigenvalue weighted by Crippen LogP contribution is -2.30. The summed E-state index contributed by atoms with van der Waals surface area (Å²) >= 11 is 0. The molecule has 0 fully saturated rings. The maximum atomic E-state index is 11.8. The summed E-state index contributed by atoms with van der Waals surface area (Å²) in [5.74, 6) is -0.351. The Hall–Kier alpha value is -1.84. The Morgan fingerprint density at radius 2 is 2.22 bits per heavy atom. The SMILES string of the molecule is C=CCNC(=O)c1cc(CCC)c(CC)[nH]c1=O. The highest BCUT2D eigenvalue weighted by atomic mass is 16.2. The average Bonchev–Trinajstić information content (AvgIpc) is 2.37. The minimum absolute atomic E-state index is 0.178. The number of aryl methyl sites for hydroxylation is 2. The predicted octanol–water partition coefficient (Wildman–Crippen LogP) is 1.81. The quantitative estimate of drug-likeness (QED) is 0.754. The molecule has 18 heavy (non-hydrogen) atoms. The summed E-state index contributed by atoms with van der Waals surface area (Å²) in [6.07, 6.45) is 4.19. The number of carbonyl (C=O) groups is 1. The van der Waals surface area contributed by atoms with Gasteiger partial charge in [0, 0.05) is 12.2 Å². The second-order valence-electron chi connectivity index (χ2n) is 4.12. The Kier molecular flexibility index (Phi) is 5.36. The van der Waals surface area contributed by atoms with E-state index in [0.29, 0.717) is 6.54 Å². The lowest BCUT2D eigenvalue weighted by atomic mass is 10.0. The average molecular weight is 248 g/mol. The Balaban J connectivity index is 3.12. The number of hydrogen-bond donors (Lipinski definition) is 2. The number of hydrogen-bond acceptors (Lipinski definition) is 2. The molecule has 0 saturated heterocycles. The number of aromatic amines is 1. The molecule has 1 amide bonds. The third-order valence-corrected chi connectivity index (χ3v) is 2.74. The summed E-state index contributed by atoms with van der Waals surface area (Å²) in [5, 5.41) is 2.62. The van der Waals surface area contributed by atoms with Crippen LogP contribution in [0.5, 0.6) is 0 Å². The molecule has 1 rings (SSSR count). The largest absolute Gasteiger partial charge is 0.348 e. The van der Waals surface area contributed by atoms with Crippen LogP contribution in [-0.4, -0.2) is 17.4 Å². The zero-order chi connectivity index (χ0) is 13.5. The van der Waals surface area contributed by atoms with Gasteiger partial charge in [-0.1, -0.05) is 26.3 Å². The number of H-pyrrole nitrogens is 1. The van der Waals surface area contributed by atoms with Crippen LogP contribution in [0.15, 0.2) is 23.5 Å². The van der Waals surface area contributed by atoms with Gasteiger partial charge in [0.2, 0.25) is 0 Å². The molecule has 98 valence electrons. The Labute approximate surface area is 107 Å². The summed E-state index contributed by atoms with van der Waals surface area (Å²) in [7, 11) is 0.